The number of hydrogen-bond acceptors (Lipinski definition) is 3. The summed E-state index contributed by atoms with van der Waals surface area (Å²) in [6.45, 7) is 3.39. The van der Waals surface area contributed by atoms with Crippen LogP contribution in [0.4, 0.5) is 0 Å². The van der Waals surface area contributed by atoms with Crippen molar-refractivity contribution in [2.75, 3.05) is 13.1 Å². The van der Waals surface area contributed by atoms with E-state index in [0.29, 0.717) is 0 Å². The van der Waals surface area contributed by atoms with Gasteiger partial charge in [-0.3, -0.25) is 9.58 Å². The van der Waals surface area contributed by atoms with Gasteiger partial charge >= 0.3 is 0 Å². The molecule has 2 rings (SSSR count). The second-order valence-electron chi connectivity index (χ2n) is 3.64. The number of hydrogen-bond donors (Lipinski definition) is 0. The van der Waals surface area contributed by atoms with Crippen LogP contribution in [0.25, 0.3) is 0 Å². The summed E-state index contributed by atoms with van der Waals surface area (Å²) in [5.74, 6) is 1.07. The van der Waals surface area contributed by atoms with Gasteiger partial charge in [0.05, 0.1) is 6.54 Å². The summed E-state index contributed by atoms with van der Waals surface area (Å²) < 4.78 is 1.86. The number of likely N-dealkylation sites (tertiary alicyclic amines) is 1. The molecular weight excluding hydrogens is 164 g/mol. The lowest BCUT2D eigenvalue weighted by atomic mass is 10.1. The van der Waals surface area contributed by atoms with Crippen molar-refractivity contribution in [1.29, 1.82) is 0 Å². The van der Waals surface area contributed by atoms with E-state index in [0.717, 1.165) is 12.4 Å². The SMILES string of the molecule is Cn1ncnc1CN1CCCCC1. The van der Waals surface area contributed by atoms with Gasteiger partial charge < -0.3 is 0 Å². The lowest BCUT2D eigenvalue weighted by Gasteiger charge is -2.25. The molecule has 0 unspecified atom stereocenters. The molecule has 0 N–H and O–H groups in total. The van der Waals surface area contributed by atoms with Crippen LogP contribution >= 0.6 is 0 Å². The maximum atomic E-state index is 4.22. The molecule has 13 heavy (non-hydrogen) atoms. The van der Waals surface area contributed by atoms with Gasteiger partial charge in [-0.15, -0.1) is 0 Å². The van der Waals surface area contributed by atoms with E-state index in [-0.39, 0.29) is 0 Å². The summed E-state index contributed by atoms with van der Waals surface area (Å²) in [7, 11) is 1.95. The molecule has 1 fully saturated rings. The first-order valence-electron chi connectivity index (χ1n) is 4.91. The van der Waals surface area contributed by atoms with Gasteiger partial charge in [0.25, 0.3) is 0 Å². The lowest BCUT2D eigenvalue weighted by molar-refractivity contribution is 0.213. The van der Waals surface area contributed by atoms with Gasteiger partial charge in [-0.1, -0.05) is 6.42 Å². The minimum Gasteiger partial charge on any atom is -0.296 e. The van der Waals surface area contributed by atoms with Crippen molar-refractivity contribution in [1.82, 2.24) is 19.7 Å². The van der Waals surface area contributed by atoms with Crippen molar-refractivity contribution in [2.45, 2.75) is 25.8 Å². The van der Waals surface area contributed by atoms with Crippen LogP contribution in [0.3, 0.4) is 0 Å². The fraction of sp³-hybridized carbons (Fsp3) is 0.778. The highest BCUT2D eigenvalue weighted by molar-refractivity contribution is 4.84. The first-order valence-corrected chi connectivity index (χ1v) is 4.91. The minimum absolute atomic E-state index is 0.955. The van der Waals surface area contributed by atoms with Gasteiger partial charge in [0.1, 0.15) is 12.2 Å². The molecule has 0 spiro atoms. The number of aryl methyl sites for hydroxylation is 1. The average Bonchev–Trinajstić information content (AvgIpc) is 2.54. The van der Waals surface area contributed by atoms with Gasteiger partial charge in [0.2, 0.25) is 0 Å². The van der Waals surface area contributed by atoms with Gasteiger partial charge in [-0.05, 0) is 25.9 Å². The Morgan fingerprint density at radius 3 is 2.69 bits per heavy atom. The first kappa shape index (κ1) is 8.69. The molecular formula is C9H16N4. The zero-order chi connectivity index (χ0) is 9.10. The maximum absolute atomic E-state index is 4.22. The van der Waals surface area contributed by atoms with Crippen LogP contribution in [-0.2, 0) is 13.6 Å². The van der Waals surface area contributed by atoms with Crippen molar-refractivity contribution in [2.24, 2.45) is 7.05 Å². The Morgan fingerprint density at radius 2 is 2.08 bits per heavy atom. The summed E-state index contributed by atoms with van der Waals surface area (Å²) in [4.78, 5) is 6.67. The van der Waals surface area contributed by atoms with E-state index in [1.165, 1.54) is 32.4 Å². The van der Waals surface area contributed by atoms with Crippen molar-refractivity contribution in [3.05, 3.63) is 12.2 Å². The van der Waals surface area contributed by atoms with Crippen LogP contribution in [0.2, 0.25) is 0 Å². The number of aromatic nitrogens is 3. The number of nitrogens with zero attached hydrogens (tertiary/aromatic N) is 4. The first-order chi connectivity index (χ1) is 6.36. The van der Waals surface area contributed by atoms with Crippen LogP contribution in [0.5, 0.6) is 0 Å². The molecule has 0 atom stereocenters. The maximum Gasteiger partial charge on any atom is 0.140 e. The van der Waals surface area contributed by atoms with Crippen LogP contribution in [-0.4, -0.2) is 32.8 Å². The van der Waals surface area contributed by atoms with Crippen LogP contribution in [0.1, 0.15) is 25.1 Å². The standard InChI is InChI=1S/C9H16N4/c1-12-9(10-8-11-12)7-13-5-3-2-4-6-13/h8H,2-7H2,1H3. The van der Waals surface area contributed by atoms with E-state index in [4.69, 9.17) is 0 Å². The lowest BCUT2D eigenvalue weighted by Crippen LogP contribution is -2.30. The molecule has 0 saturated carbocycles. The fourth-order valence-corrected chi connectivity index (χ4v) is 1.78. The quantitative estimate of drug-likeness (QED) is 0.675. The second-order valence-corrected chi connectivity index (χ2v) is 3.64. The molecule has 1 aromatic rings. The smallest absolute Gasteiger partial charge is 0.140 e. The summed E-state index contributed by atoms with van der Waals surface area (Å²) in [5.41, 5.74) is 0. The highest BCUT2D eigenvalue weighted by atomic mass is 15.3. The minimum atomic E-state index is 0.955. The molecule has 1 aliphatic rings. The Morgan fingerprint density at radius 1 is 1.31 bits per heavy atom. The Balaban J connectivity index is 1.93. The molecule has 72 valence electrons. The molecule has 0 bridgehead atoms. The molecule has 0 aliphatic carbocycles. The summed E-state index contributed by atoms with van der Waals surface area (Å²) in [6.07, 6.45) is 5.67. The molecule has 0 amide bonds. The third-order valence-electron chi connectivity index (χ3n) is 2.62. The van der Waals surface area contributed by atoms with Gasteiger partial charge in [0, 0.05) is 7.05 Å². The number of piperidine rings is 1. The highest BCUT2D eigenvalue weighted by Crippen LogP contribution is 2.10. The van der Waals surface area contributed by atoms with Crippen molar-refractivity contribution in [3.63, 3.8) is 0 Å². The average molecular weight is 180 g/mol. The Hall–Kier alpha value is -0.900. The normalized spacial score (nSPS) is 19.2. The third-order valence-corrected chi connectivity index (χ3v) is 2.62. The van der Waals surface area contributed by atoms with Gasteiger partial charge in [-0.25, -0.2) is 4.98 Å². The van der Waals surface area contributed by atoms with E-state index in [1.54, 1.807) is 6.33 Å². The number of rotatable bonds is 2. The largest absolute Gasteiger partial charge is 0.296 e. The highest BCUT2D eigenvalue weighted by Gasteiger charge is 2.12. The molecule has 1 aromatic heterocycles. The fourth-order valence-electron chi connectivity index (χ4n) is 1.78. The summed E-state index contributed by atoms with van der Waals surface area (Å²) in [5, 5.41) is 4.06. The molecule has 4 heteroatoms. The molecule has 4 nitrogen and oxygen atoms in total. The third kappa shape index (κ3) is 2.06. The summed E-state index contributed by atoms with van der Waals surface area (Å²) in [6, 6.07) is 0. The predicted molar refractivity (Wildman–Crippen MR) is 50.1 cm³/mol. The monoisotopic (exact) mass is 180 g/mol. The second kappa shape index (κ2) is 3.87. The Kier molecular flexibility index (Phi) is 2.59. The van der Waals surface area contributed by atoms with E-state index in [2.05, 4.69) is 15.0 Å². The van der Waals surface area contributed by atoms with Gasteiger partial charge in [0.15, 0.2) is 0 Å². The van der Waals surface area contributed by atoms with Crippen molar-refractivity contribution < 1.29 is 0 Å². The van der Waals surface area contributed by atoms with Crippen LogP contribution < -0.4 is 0 Å². The molecule has 2 heterocycles. The Bertz CT molecular complexity index is 262. The molecule has 1 saturated heterocycles. The zero-order valence-electron chi connectivity index (χ0n) is 8.11. The van der Waals surface area contributed by atoms with E-state index >= 15 is 0 Å². The molecule has 0 radical (unpaired) electrons. The van der Waals surface area contributed by atoms with E-state index in [9.17, 15) is 0 Å². The van der Waals surface area contributed by atoms with E-state index in [1.807, 2.05) is 11.7 Å². The van der Waals surface area contributed by atoms with Crippen LogP contribution in [0.15, 0.2) is 6.33 Å². The zero-order valence-corrected chi connectivity index (χ0v) is 8.11. The van der Waals surface area contributed by atoms with Gasteiger partial charge in [-0.2, -0.15) is 5.10 Å². The van der Waals surface area contributed by atoms with Crippen molar-refractivity contribution in [3.8, 4) is 0 Å². The van der Waals surface area contributed by atoms with Crippen molar-refractivity contribution >= 4 is 0 Å². The Labute approximate surface area is 78.6 Å². The molecule has 1 aliphatic heterocycles. The summed E-state index contributed by atoms with van der Waals surface area (Å²) >= 11 is 0. The predicted octanol–water partition coefficient (Wildman–Crippen LogP) is 0.801. The topological polar surface area (TPSA) is 34.0 Å². The molecule has 0 aromatic carbocycles. The van der Waals surface area contributed by atoms with Crippen LogP contribution in [0, 0.1) is 0 Å². The van der Waals surface area contributed by atoms with E-state index < -0.39 is 0 Å².